The minimum absolute atomic E-state index is 0.128. The van der Waals surface area contributed by atoms with Crippen LogP contribution < -0.4 is 0 Å². The topological polar surface area (TPSA) is 43.8 Å². The molecule has 2 aliphatic rings. The number of benzene rings is 1. The maximum atomic E-state index is 13.0. The van der Waals surface area contributed by atoms with Crippen LogP contribution in [0.1, 0.15) is 24.8 Å². The summed E-state index contributed by atoms with van der Waals surface area (Å²) in [7, 11) is 2.04. The van der Waals surface area contributed by atoms with Gasteiger partial charge in [0.2, 0.25) is 0 Å². The fourth-order valence-corrected chi connectivity index (χ4v) is 4.15. The lowest BCUT2D eigenvalue weighted by molar-refractivity contribution is -0.163. The van der Waals surface area contributed by atoms with Crippen molar-refractivity contribution in [3.05, 3.63) is 35.6 Å². The minimum atomic E-state index is -0.673. The average Bonchev–Trinajstić information content (AvgIpc) is 2.49. The highest BCUT2D eigenvalue weighted by Gasteiger charge is 2.52. The number of aliphatic carboxylic acids is 1. The van der Waals surface area contributed by atoms with Gasteiger partial charge in [-0.15, -0.1) is 0 Å². The van der Waals surface area contributed by atoms with Crippen LogP contribution >= 0.6 is 0 Å². The van der Waals surface area contributed by atoms with Crippen molar-refractivity contribution in [2.24, 2.45) is 5.41 Å². The Bertz CT molecular complexity index is 548. The van der Waals surface area contributed by atoms with Crippen LogP contribution in [0.15, 0.2) is 24.3 Å². The first-order valence-corrected chi connectivity index (χ1v) is 7.92. The minimum Gasteiger partial charge on any atom is -0.481 e. The van der Waals surface area contributed by atoms with Gasteiger partial charge in [0, 0.05) is 25.7 Å². The van der Waals surface area contributed by atoms with Gasteiger partial charge >= 0.3 is 5.97 Å². The van der Waals surface area contributed by atoms with Crippen molar-refractivity contribution in [2.75, 3.05) is 26.7 Å². The predicted octanol–water partition coefficient (Wildman–Crippen LogP) is 2.20. The van der Waals surface area contributed by atoms with Gasteiger partial charge in [-0.25, -0.2) is 4.39 Å². The SMILES string of the molecule is CN1CCC[C@]2(C(=O)O)CN(Cc3ccc(F)cc3)CC[C@@H]12. The molecule has 1 aromatic carbocycles. The summed E-state index contributed by atoms with van der Waals surface area (Å²) in [5.74, 6) is -0.911. The molecule has 2 fully saturated rings. The Morgan fingerprint density at radius 3 is 2.77 bits per heavy atom. The van der Waals surface area contributed by atoms with Crippen molar-refractivity contribution in [1.82, 2.24) is 9.80 Å². The fraction of sp³-hybridized carbons (Fsp3) is 0.588. The number of halogens is 1. The summed E-state index contributed by atoms with van der Waals surface area (Å²) < 4.78 is 13.0. The number of carboxylic acid groups (broad SMARTS) is 1. The number of hydrogen-bond donors (Lipinski definition) is 1. The zero-order chi connectivity index (χ0) is 15.7. The van der Waals surface area contributed by atoms with Crippen molar-refractivity contribution in [1.29, 1.82) is 0 Å². The van der Waals surface area contributed by atoms with Crippen LogP contribution in [-0.2, 0) is 11.3 Å². The molecular weight excluding hydrogens is 283 g/mol. The molecule has 0 aliphatic carbocycles. The van der Waals surface area contributed by atoms with E-state index in [-0.39, 0.29) is 11.9 Å². The van der Waals surface area contributed by atoms with Crippen LogP contribution in [0, 0.1) is 11.2 Å². The summed E-state index contributed by atoms with van der Waals surface area (Å²) in [4.78, 5) is 16.4. The zero-order valence-electron chi connectivity index (χ0n) is 13.0. The van der Waals surface area contributed by atoms with E-state index >= 15 is 0 Å². The van der Waals surface area contributed by atoms with E-state index in [2.05, 4.69) is 9.80 Å². The van der Waals surface area contributed by atoms with Gasteiger partial charge in [0.1, 0.15) is 5.82 Å². The van der Waals surface area contributed by atoms with Gasteiger partial charge in [0.15, 0.2) is 0 Å². The molecule has 3 rings (SSSR count). The van der Waals surface area contributed by atoms with E-state index in [4.69, 9.17) is 0 Å². The predicted molar refractivity (Wildman–Crippen MR) is 82.0 cm³/mol. The number of fused-ring (bicyclic) bond motifs is 1. The highest BCUT2D eigenvalue weighted by atomic mass is 19.1. The molecule has 0 bridgehead atoms. The molecule has 1 N–H and O–H groups in total. The lowest BCUT2D eigenvalue weighted by Crippen LogP contribution is -2.63. The van der Waals surface area contributed by atoms with Crippen molar-refractivity contribution in [2.45, 2.75) is 31.8 Å². The molecule has 0 spiro atoms. The second kappa shape index (κ2) is 5.97. The van der Waals surface area contributed by atoms with Crippen molar-refractivity contribution < 1.29 is 14.3 Å². The number of likely N-dealkylation sites (tertiary alicyclic amines) is 2. The summed E-state index contributed by atoms with van der Waals surface area (Å²) in [5, 5.41) is 9.86. The van der Waals surface area contributed by atoms with Gasteiger partial charge in [-0.3, -0.25) is 9.69 Å². The molecule has 5 heteroatoms. The third-order valence-electron chi connectivity index (χ3n) is 5.27. The fourth-order valence-electron chi connectivity index (χ4n) is 4.15. The van der Waals surface area contributed by atoms with E-state index in [1.807, 2.05) is 7.05 Å². The van der Waals surface area contributed by atoms with Gasteiger partial charge in [0.05, 0.1) is 5.41 Å². The Balaban J connectivity index is 1.76. The maximum Gasteiger partial charge on any atom is 0.312 e. The lowest BCUT2D eigenvalue weighted by Gasteiger charge is -2.52. The Morgan fingerprint density at radius 1 is 1.36 bits per heavy atom. The molecule has 2 atom stereocenters. The number of carbonyl (C=O) groups is 1. The monoisotopic (exact) mass is 306 g/mol. The van der Waals surface area contributed by atoms with Crippen LogP contribution in [0.3, 0.4) is 0 Å². The largest absolute Gasteiger partial charge is 0.481 e. The highest BCUT2D eigenvalue weighted by Crippen LogP contribution is 2.41. The summed E-state index contributed by atoms with van der Waals surface area (Å²) in [6.45, 7) is 3.14. The first-order valence-electron chi connectivity index (χ1n) is 7.92. The second-order valence-corrected chi connectivity index (χ2v) is 6.69. The molecule has 1 aromatic rings. The molecule has 2 heterocycles. The molecule has 2 aliphatic heterocycles. The second-order valence-electron chi connectivity index (χ2n) is 6.69. The maximum absolute atomic E-state index is 13.0. The normalized spacial score (nSPS) is 30.0. The van der Waals surface area contributed by atoms with E-state index in [9.17, 15) is 14.3 Å². The molecule has 0 saturated carbocycles. The number of rotatable bonds is 3. The van der Waals surface area contributed by atoms with E-state index < -0.39 is 11.4 Å². The molecule has 0 radical (unpaired) electrons. The lowest BCUT2D eigenvalue weighted by atomic mass is 9.69. The van der Waals surface area contributed by atoms with Gasteiger partial charge < -0.3 is 10.0 Å². The molecule has 0 unspecified atom stereocenters. The number of carboxylic acids is 1. The quantitative estimate of drug-likeness (QED) is 0.930. The third kappa shape index (κ3) is 2.75. The Labute approximate surface area is 130 Å². The van der Waals surface area contributed by atoms with Crippen LogP contribution in [0.2, 0.25) is 0 Å². The molecule has 22 heavy (non-hydrogen) atoms. The first kappa shape index (κ1) is 15.4. The Kier molecular flexibility index (Phi) is 4.19. The van der Waals surface area contributed by atoms with Gasteiger partial charge in [-0.1, -0.05) is 12.1 Å². The summed E-state index contributed by atoms with van der Waals surface area (Å²) >= 11 is 0. The first-order chi connectivity index (χ1) is 10.5. The van der Waals surface area contributed by atoms with Crippen molar-refractivity contribution in [3.63, 3.8) is 0 Å². The van der Waals surface area contributed by atoms with E-state index in [0.717, 1.165) is 37.9 Å². The molecule has 120 valence electrons. The van der Waals surface area contributed by atoms with Crippen LogP contribution in [0.4, 0.5) is 4.39 Å². The molecule has 4 nitrogen and oxygen atoms in total. The Hall–Kier alpha value is -1.46. The molecular formula is C17H23FN2O2. The number of piperidine rings is 2. The van der Waals surface area contributed by atoms with Gasteiger partial charge in [0.25, 0.3) is 0 Å². The van der Waals surface area contributed by atoms with Crippen LogP contribution in [0.5, 0.6) is 0 Å². The number of hydrogen-bond acceptors (Lipinski definition) is 3. The molecule has 0 amide bonds. The van der Waals surface area contributed by atoms with Gasteiger partial charge in [-0.2, -0.15) is 0 Å². The number of nitrogens with zero attached hydrogens (tertiary/aromatic N) is 2. The van der Waals surface area contributed by atoms with Crippen molar-refractivity contribution in [3.8, 4) is 0 Å². The van der Waals surface area contributed by atoms with E-state index in [0.29, 0.717) is 13.1 Å². The van der Waals surface area contributed by atoms with Gasteiger partial charge in [-0.05, 0) is 50.6 Å². The summed E-state index contributed by atoms with van der Waals surface area (Å²) in [5.41, 5.74) is 0.371. The molecule has 0 aromatic heterocycles. The average molecular weight is 306 g/mol. The van der Waals surface area contributed by atoms with Crippen LogP contribution in [-0.4, -0.2) is 53.6 Å². The molecule has 2 saturated heterocycles. The van der Waals surface area contributed by atoms with Crippen molar-refractivity contribution >= 4 is 5.97 Å². The standard InChI is InChI=1S/C17H23FN2O2/c1-19-9-2-8-17(16(21)22)12-20(10-7-15(17)19)11-13-3-5-14(18)6-4-13/h3-6,15H,2,7-12H2,1H3,(H,21,22)/t15-,17+/m1/s1. The van der Waals surface area contributed by atoms with Crippen LogP contribution in [0.25, 0.3) is 0 Å². The summed E-state index contributed by atoms with van der Waals surface area (Å²) in [6.07, 6.45) is 2.56. The summed E-state index contributed by atoms with van der Waals surface area (Å²) in [6, 6.07) is 6.61. The van der Waals surface area contributed by atoms with E-state index in [1.54, 1.807) is 12.1 Å². The van der Waals surface area contributed by atoms with E-state index in [1.165, 1.54) is 12.1 Å². The highest BCUT2D eigenvalue weighted by molar-refractivity contribution is 5.76. The smallest absolute Gasteiger partial charge is 0.312 e. The zero-order valence-corrected chi connectivity index (χ0v) is 13.0. The Morgan fingerprint density at radius 2 is 2.09 bits per heavy atom. The third-order valence-corrected chi connectivity index (χ3v) is 5.27.